The second-order valence-corrected chi connectivity index (χ2v) is 3.97. The maximum Gasteiger partial charge on any atom is 0.461 e. The van der Waals surface area contributed by atoms with Gasteiger partial charge in [0.1, 0.15) is 7.40 Å². The van der Waals surface area contributed by atoms with Crippen molar-refractivity contribution in [1.29, 1.82) is 10.8 Å². The number of nitro benzene ring substituents is 2. The molecule has 0 amide bonds. The Balaban J connectivity index is 0.000000401. The third-order valence-corrected chi connectivity index (χ3v) is 2.37. The molecule has 0 heterocycles. The molecule has 26 heavy (non-hydrogen) atoms. The van der Waals surface area contributed by atoms with Gasteiger partial charge in [0.15, 0.2) is 9.95 Å². The van der Waals surface area contributed by atoms with E-state index in [9.17, 15) is 24.5 Å². The monoisotopic (exact) mass is 362 g/mol. The molecule has 0 radical (unpaired) electrons. The minimum absolute atomic E-state index is 0.0301. The van der Waals surface area contributed by atoms with Gasteiger partial charge < -0.3 is 14.4 Å². The number of nitrogens with zero attached hydrogens (tertiary/aromatic N) is 6. The Morgan fingerprint density at radius 1 is 0.808 bits per heavy atom. The van der Waals surface area contributed by atoms with E-state index in [1.54, 1.807) is 12.1 Å². The first-order valence-corrected chi connectivity index (χ1v) is 6.37. The lowest BCUT2D eigenvalue weighted by molar-refractivity contribution is -0.384. The number of benzene rings is 2. The van der Waals surface area contributed by atoms with Crippen LogP contribution in [0, 0.1) is 31.0 Å². The zero-order valence-corrected chi connectivity index (χ0v) is 12.7. The predicted molar refractivity (Wildman–Crippen MR) is 82.5 cm³/mol. The van der Waals surface area contributed by atoms with Gasteiger partial charge in [0.05, 0.1) is 9.85 Å². The quantitative estimate of drug-likeness (QED) is 0.334. The molecule has 0 aliphatic rings. The molecule has 132 valence electrons. The van der Waals surface area contributed by atoms with E-state index in [4.69, 9.17) is 20.8 Å². The summed E-state index contributed by atoms with van der Waals surface area (Å²) < 4.78 is 9.89. The molecule has 14 heteroatoms. The van der Waals surface area contributed by atoms with Crippen molar-refractivity contribution in [2.24, 2.45) is 0 Å². The molecule has 0 aromatic heterocycles. The fraction of sp³-hybridized carbons (Fsp3) is 0. The Morgan fingerprint density at radius 2 is 1.08 bits per heavy atom. The molecule has 0 fully saturated rings. The van der Waals surface area contributed by atoms with E-state index in [1.165, 1.54) is 36.4 Å². The van der Waals surface area contributed by atoms with Gasteiger partial charge in [0.25, 0.3) is 0 Å². The smallest absolute Gasteiger partial charge is 0.461 e. The van der Waals surface area contributed by atoms with E-state index in [-0.39, 0.29) is 22.7 Å². The van der Waals surface area contributed by atoms with Gasteiger partial charge in [-0.2, -0.15) is 0 Å². The van der Waals surface area contributed by atoms with Crippen molar-refractivity contribution in [2.75, 3.05) is 0 Å². The van der Waals surface area contributed by atoms with Crippen molar-refractivity contribution in [3.8, 4) is 0 Å². The molecule has 0 bridgehead atoms. The Kier molecular flexibility index (Phi) is 9.74. The third kappa shape index (κ3) is 8.02. The summed E-state index contributed by atoms with van der Waals surface area (Å²) in [6, 6.07) is 11.4. The molecular formula is C12H8BFN6O6. The standard InChI is InChI=1S/2C6H4N3O2.BFO2/c2*7-8-5-3-1-2-4-6(5)9(10)11;2-1(3)4/h2*1-4H;/q2*+1;-2. The minimum atomic E-state index is -3.17. The van der Waals surface area contributed by atoms with Crippen molar-refractivity contribution >= 4 is 30.1 Å². The lowest BCUT2D eigenvalue weighted by Crippen LogP contribution is -2.39. The van der Waals surface area contributed by atoms with Crippen LogP contribution in [-0.4, -0.2) is 17.2 Å². The van der Waals surface area contributed by atoms with Crippen LogP contribution < -0.4 is 10.0 Å². The van der Waals surface area contributed by atoms with Crippen LogP contribution in [0.2, 0.25) is 0 Å². The van der Waals surface area contributed by atoms with Gasteiger partial charge in [-0.1, -0.05) is 24.3 Å². The van der Waals surface area contributed by atoms with Gasteiger partial charge in [0, 0.05) is 24.3 Å². The van der Waals surface area contributed by atoms with Crippen molar-refractivity contribution < 1.29 is 24.2 Å². The first-order valence-electron chi connectivity index (χ1n) is 6.37. The molecule has 0 saturated carbocycles. The summed E-state index contributed by atoms with van der Waals surface area (Å²) >= 11 is 0. The highest BCUT2D eigenvalue weighted by Crippen LogP contribution is 2.26. The highest BCUT2D eigenvalue weighted by atomic mass is 19.1. The van der Waals surface area contributed by atoms with Crippen molar-refractivity contribution in [3.63, 3.8) is 0 Å². The van der Waals surface area contributed by atoms with Crippen LogP contribution in [0.3, 0.4) is 0 Å². The fourth-order valence-corrected chi connectivity index (χ4v) is 1.41. The van der Waals surface area contributed by atoms with E-state index < -0.39 is 17.2 Å². The summed E-state index contributed by atoms with van der Waals surface area (Å²) in [4.78, 5) is 24.7. The average molecular weight is 362 g/mol. The van der Waals surface area contributed by atoms with Gasteiger partial charge in [-0.3, -0.25) is 20.2 Å². The molecule has 0 atom stereocenters. The summed E-state index contributed by atoms with van der Waals surface area (Å²) in [6.45, 7) is 0. The second kappa shape index (κ2) is 11.5. The number of hydrogen-bond donors (Lipinski definition) is 0. The van der Waals surface area contributed by atoms with Gasteiger partial charge in [-0.05, 0) is 0 Å². The number of para-hydroxylation sites is 2. The number of diazo groups is 2. The van der Waals surface area contributed by atoms with Gasteiger partial charge in [-0.25, -0.2) is 0 Å². The minimum Gasteiger partial charge on any atom is -0.867 e. The van der Waals surface area contributed by atoms with Crippen LogP contribution in [0.15, 0.2) is 48.5 Å². The van der Waals surface area contributed by atoms with E-state index in [0.717, 1.165) is 0 Å². The summed E-state index contributed by atoms with van der Waals surface area (Å²) in [5.74, 6) is 0. The lowest BCUT2D eigenvalue weighted by Gasteiger charge is -2.09. The van der Waals surface area contributed by atoms with Crippen molar-refractivity contribution in [2.45, 2.75) is 0 Å². The van der Waals surface area contributed by atoms with Crippen LogP contribution in [0.25, 0.3) is 9.95 Å². The molecule has 12 nitrogen and oxygen atoms in total. The molecule has 2 aromatic carbocycles. The number of nitro groups is 2. The molecule has 0 aliphatic heterocycles. The zero-order valence-electron chi connectivity index (χ0n) is 12.7. The van der Waals surface area contributed by atoms with Crippen LogP contribution in [0.5, 0.6) is 0 Å². The average Bonchev–Trinajstić information content (AvgIpc) is 2.61. The maximum absolute atomic E-state index is 10.2. The highest BCUT2D eigenvalue weighted by molar-refractivity contribution is 6.27. The molecule has 0 spiro atoms. The largest absolute Gasteiger partial charge is 0.867 e. The van der Waals surface area contributed by atoms with Crippen molar-refractivity contribution in [3.05, 3.63) is 78.7 Å². The van der Waals surface area contributed by atoms with E-state index in [2.05, 4.69) is 9.95 Å². The molecule has 2 aromatic rings. The van der Waals surface area contributed by atoms with Crippen molar-refractivity contribution in [1.82, 2.24) is 0 Å². The lowest BCUT2D eigenvalue weighted by atomic mass is 10.3. The molecule has 2 rings (SSSR count). The Hall–Kier alpha value is -4.01. The molecule has 0 saturated heterocycles. The fourth-order valence-electron chi connectivity index (χ4n) is 1.41. The van der Waals surface area contributed by atoms with E-state index in [0.29, 0.717) is 0 Å². The van der Waals surface area contributed by atoms with Crippen LogP contribution in [0.4, 0.5) is 27.1 Å². The number of hydrogen-bond acceptors (Lipinski definition) is 8. The third-order valence-electron chi connectivity index (χ3n) is 2.37. The summed E-state index contributed by atoms with van der Waals surface area (Å²) in [5, 5.41) is 53.6. The Bertz CT molecular complexity index is 782. The normalized spacial score (nSPS) is 8.35. The summed E-state index contributed by atoms with van der Waals surface area (Å²) in [5.41, 5.74) is -0.458. The predicted octanol–water partition coefficient (Wildman–Crippen LogP) is 1.82. The highest BCUT2D eigenvalue weighted by Gasteiger charge is 2.22. The molecule has 0 N–H and O–H groups in total. The van der Waals surface area contributed by atoms with Crippen LogP contribution >= 0.6 is 0 Å². The summed E-state index contributed by atoms with van der Waals surface area (Å²) in [7, 11) is -3.17. The Labute approximate surface area is 144 Å². The topological polar surface area (TPSA) is 189 Å². The maximum atomic E-state index is 10.2. The van der Waals surface area contributed by atoms with Crippen LogP contribution in [0.1, 0.15) is 0 Å². The van der Waals surface area contributed by atoms with E-state index in [1.807, 2.05) is 0 Å². The first kappa shape index (κ1) is 22.0. The number of rotatable bonds is 2. The SMILES string of the molecule is N#[N+]c1ccccc1[N+](=O)[O-].N#[N+]c1ccccc1[N+](=O)[O-].[O-]B([O-])F. The zero-order chi connectivity index (χ0) is 20.1. The number of halogens is 1. The first-order chi connectivity index (χ1) is 12.2. The molecular weight excluding hydrogens is 354 g/mol. The van der Waals surface area contributed by atoms with Gasteiger partial charge in [0.2, 0.25) is 10.8 Å². The van der Waals surface area contributed by atoms with E-state index >= 15 is 0 Å². The van der Waals surface area contributed by atoms with Gasteiger partial charge in [-0.15, -0.1) is 0 Å². The van der Waals surface area contributed by atoms with Crippen LogP contribution in [-0.2, 0) is 0 Å². The second-order valence-electron chi connectivity index (χ2n) is 3.97. The Morgan fingerprint density at radius 3 is 1.27 bits per heavy atom. The van der Waals surface area contributed by atoms with Gasteiger partial charge >= 0.3 is 22.7 Å². The molecule has 0 aliphatic carbocycles. The summed E-state index contributed by atoms with van der Waals surface area (Å²) in [6.07, 6.45) is 0. The molecule has 0 unspecified atom stereocenters.